The van der Waals surface area contributed by atoms with E-state index < -0.39 is 24.1 Å². The monoisotopic (exact) mass is 304 g/mol. The summed E-state index contributed by atoms with van der Waals surface area (Å²) in [5, 5.41) is 18.6. The number of likely N-dealkylation sites (N-methyl/N-ethyl adjacent to an activating group) is 1. The molecular weight excluding hydrogens is 274 g/mol. The highest BCUT2D eigenvalue weighted by molar-refractivity contribution is 5.71. The summed E-state index contributed by atoms with van der Waals surface area (Å²) < 4.78 is 5.72. The molecule has 0 spiro atoms. The largest absolute Gasteiger partial charge is 0.481 e. The van der Waals surface area contributed by atoms with Crippen molar-refractivity contribution in [2.45, 2.75) is 57.7 Å². The smallest absolute Gasteiger partial charge is 0.308 e. The number of ether oxygens (including phenoxy) is 1. The Bertz CT molecular complexity index is 325. The molecule has 124 valence electrons. The predicted molar refractivity (Wildman–Crippen MR) is 79.8 cm³/mol. The Morgan fingerprint density at radius 2 is 1.76 bits per heavy atom. The Balaban J connectivity index is 4.29. The molecule has 0 fully saturated rings. The van der Waals surface area contributed by atoms with Gasteiger partial charge in [0.1, 0.15) is 6.54 Å². The summed E-state index contributed by atoms with van der Waals surface area (Å²) in [6.07, 6.45) is 1.86. The standard InChI is InChI=1S/C15H29NO5/c1-5-6-7-8-12(17)9-15(20)21-13(10-14(18)19)11-16(2,3)4/h12-13,17H,5-11H2,1-4H3/p+1. The van der Waals surface area contributed by atoms with E-state index in [2.05, 4.69) is 6.92 Å². The second kappa shape index (κ2) is 9.73. The quantitative estimate of drug-likeness (QED) is 0.342. The number of aliphatic carboxylic acids is 1. The van der Waals surface area contributed by atoms with Gasteiger partial charge in [-0.1, -0.05) is 26.2 Å². The molecule has 0 amide bonds. The second-order valence-corrected chi connectivity index (χ2v) is 6.54. The van der Waals surface area contributed by atoms with Crippen molar-refractivity contribution in [3.8, 4) is 0 Å². The van der Waals surface area contributed by atoms with E-state index in [4.69, 9.17) is 9.84 Å². The van der Waals surface area contributed by atoms with E-state index in [1.807, 2.05) is 21.1 Å². The van der Waals surface area contributed by atoms with Crippen molar-refractivity contribution in [3.05, 3.63) is 0 Å². The molecule has 0 aromatic heterocycles. The molecule has 6 heteroatoms. The molecule has 2 atom stereocenters. The third-order valence-electron chi connectivity index (χ3n) is 2.99. The van der Waals surface area contributed by atoms with E-state index in [-0.39, 0.29) is 12.8 Å². The summed E-state index contributed by atoms with van der Waals surface area (Å²) in [6, 6.07) is 0. The number of carbonyl (C=O) groups excluding carboxylic acids is 1. The molecule has 0 aliphatic heterocycles. The van der Waals surface area contributed by atoms with Gasteiger partial charge in [-0.2, -0.15) is 0 Å². The predicted octanol–water partition coefficient (Wildman–Crippen LogP) is 1.41. The second-order valence-electron chi connectivity index (χ2n) is 6.54. The minimum absolute atomic E-state index is 0.0724. The van der Waals surface area contributed by atoms with Gasteiger partial charge < -0.3 is 19.4 Å². The molecule has 0 radical (unpaired) electrons. The number of carboxylic acid groups (broad SMARTS) is 1. The van der Waals surface area contributed by atoms with Gasteiger partial charge in [0.2, 0.25) is 0 Å². The number of hydrogen-bond donors (Lipinski definition) is 2. The lowest BCUT2D eigenvalue weighted by atomic mass is 10.1. The van der Waals surface area contributed by atoms with Crippen LogP contribution in [0.5, 0.6) is 0 Å². The molecule has 0 saturated heterocycles. The number of nitrogens with zero attached hydrogens (tertiary/aromatic N) is 1. The van der Waals surface area contributed by atoms with Gasteiger partial charge in [0.25, 0.3) is 0 Å². The average Bonchev–Trinajstić information content (AvgIpc) is 2.25. The van der Waals surface area contributed by atoms with Crippen LogP contribution in [0.1, 0.15) is 45.4 Å². The maximum Gasteiger partial charge on any atom is 0.308 e. The fourth-order valence-corrected chi connectivity index (χ4v) is 2.11. The lowest BCUT2D eigenvalue weighted by Crippen LogP contribution is -2.44. The number of rotatable bonds is 11. The summed E-state index contributed by atoms with van der Waals surface area (Å²) in [4.78, 5) is 22.6. The number of carbonyl (C=O) groups is 2. The summed E-state index contributed by atoms with van der Waals surface area (Å²) >= 11 is 0. The van der Waals surface area contributed by atoms with Crippen LogP contribution in [0.3, 0.4) is 0 Å². The first-order valence-corrected chi connectivity index (χ1v) is 7.53. The molecule has 0 aliphatic carbocycles. The van der Waals surface area contributed by atoms with Crippen LogP contribution in [0.15, 0.2) is 0 Å². The number of aliphatic hydroxyl groups is 1. The molecular formula is C15H30NO5+. The van der Waals surface area contributed by atoms with Crippen molar-refractivity contribution in [2.24, 2.45) is 0 Å². The fourth-order valence-electron chi connectivity index (χ4n) is 2.11. The van der Waals surface area contributed by atoms with Crippen LogP contribution >= 0.6 is 0 Å². The zero-order chi connectivity index (χ0) is 16.5. The van der Waals surface area contributed by atoms with Crippen molar-refractivity contribution in [1.82, 2.24) is 0 Å². The third-order valence-corrected chi connectivity index (χ3v) is 2.99. The van der Waals surface area contributed by atoms with Gasteiger partial charge in [-0.05, 0) is 6.42 Å². The molecule has 0 rings (SSSR count). The van der Waals surface area contributed by atoms with Crippen molar-refractivity contribution < 1.29 is 29.0 Å². The van der Waals surface area contributed by atoms with Crippen molar-refractivity contribution in [2.75, 3.05) is 27.7 Å². The van der Waals surface area contributed by atoms with E-state index in [1.165, 1.54) is 0 Å². The van der Waals surface area contributed by atoms with E-state index in [1.54, 1.807) is 0 Å². The first-order chi connectivity index (χ1) is 9.64. The fraction of sp³-hybridized carbons (Fsp3) is 0.867. The number of quaternary nitrogens is 1. The summed E-state index contributed by atoms with van der Waals surface area (Å²) in [6.45, 7) is 2.49. The van der Waals surface area contributed by atoms with Crippen molar-refractivity contribution in [3.63, 3.8) is 0 Å². The summed E-state index contributed by atoms with van der Waals surface area (Å²) in [7, 11) is 5.72. The van der Waals surface area contributed by atoms with Crippen LogP contribution in [0.25, 0.3) is 0 Å². The zero-order valence-electron chi connectivity index (χ0n) is 13.7. The molecule has 0 bridgehead atoms. The number of carboxylic acids is 1. The van der Waals surface area contributed by atoms with Crippen molar-refractivity contribution in [1.29, 1.82) is 0 Å². The molecule has 0 aromatic rings. The Morgan fingerprint density at radius 1 is 1.14 bits per heavy atom. The molecule has 2 N–H and O–H groups in total. The number of unbranched alkanes of at least 4 members (excludes halogenated alkanes) is 2. The maximum absolute atomic E-state index is 11.8. The van der Waals surface area contributed by atoms with Crippen LogP contribution in [0.2, 0.25) is 0 Å². The number of hydrogen-bond acceptors (Lipinski definition) is 4. The molecule has 0 heterocycles. The Morgan fingerprint density at radius 3 is 2.24 bits per heavy atom. The molecule has 6 nitrogen and oxygen atoms in total. The van der Waals surface area contributed by atoms with Crippen LogP contribution < -0.4 is 0 Å². The third kappa shape index (κ3) is 12.3. The molecule has 0 saturated carbocycles. The van der Waals surface area contributed by atoms with E-state index in [0.717, 1.165) is 19.3 Å². The minimum Gasteiger partial charge on any atom is -0.481 e. The maximum atomic E-state index is 11.8. The van der Waals surface area contributed by atoms with Crippen LogP contribution in [0, 0.1) is 0 Å². The highest BCUT2D eigenvalue weighted by Crippen LogP contribution is 2.10. The van der Waals surface area contributed by atoms with E-state index in [0.29, 0.717) is 17.4 Å². The van der Waals surface area contributed by atoms with Crippen molar-refractivity contribution >= 4 is 11.9 Å². The Labute approximate surface area is 127 Å². The van der Waals surface area contributed by atoms with Gasteiger partial charge in [0, 0.05) is 0 Å². The van der Waals surface area contributed by atoms with Gasteiger partial charge in [0.15, 0.2) is 6.10 Å². The topological polar surface area (TPSA) is 83.8 Å². The lowest BCUT2D eigenvalue weighted by molar-refractivity contribution is -0.873. The highest BCUT2D eigenvalue weighted by atomic mass is 16.5. The SMILES string of the molecule is CCCCCC(O)CC(=O)OC(CC(=O)O)C[N+](C)(C)C. The Hall–Kier alpha value is -1.14. The summed E-state index contributed by atoms with van der Waals surface area (Å²) in [5.74, 6) is -1.52. The normalized spacial score (nSPS) is 14.5. The van der Waals surface area contributed by atoms with Gasteiger partial charge in [-0.15, -0.1) is 0 Å². The molecule has 0 aromatic carbocycles. The van der Waals surface area contributed by atoms with Crippen LogP contribution in [0.4, 0.5) is 0 Å². The average molecular weight is 304 g/mol. The van der Waals surface area contributed by atoms with Crippen LogP contribution in [-0.4, -0.2) is 66.5 Å². The Kier molecular flexibility index (Phi) is 9.21. The number of aliphatic hydroxyl groups excluding tert-OH is 1. The minimum atomic E-state index is -0.996. The lowest BCUT2D eigenvalue weighted by Gasteiger charge is -2.28. The first-order valence-electron chi connectivity index (χ1n) is 7.53. The van der Waals surface area contributed by atoms with Gasteiger partial charge in [0.05, 0.1) is 40.1 Å². The van der Waals surface area contributed by atoms with Gasteiger partial charge in [-0.3, -0.25) is 9.59 Å². The first kappa shape index (κ1) is 19.9. The number of esters is 1. The highest BCUT2D eigenvalue weighted by Gasteiger charge is 2.25. The molecule has 2 unspecified atom stereocenters. The zero-order valence-corrected chi connectivity index (χ0v) is 13.7. The molecule has 0 aliphatic rings. The van der Waals surface area contributed by atoms with Gasteiger partial charge >= 0.3 is 11.9 Å². The van der Waals surface area contributed by atoms with Crippen LogP contribution in [-0.2, 0) is 14.3 Å². The molecule has 21 heavy (non-hydrogen) atoms. The van der Waals surface area contributed by atoms with E-state index >= 15 is 0 Å². The van der Waals surface area contributed by atoms with Gasteiger partial charge in [-0.25, -0.2) is 0 Å². The van der Waals surface area contributed by atoms with E-state index in [9.17, 15) is 14.7 Å². The summed E-state index contributed by atoms with van der Waals surface area (Å²) in [5.41, 5.74) is 0.